The normalized spacial score (nSPS) is 11.5. The molecule has 196 valence electrons. The van der Waals surface area contributed by atoms with Crippen LogP contribution in [0.1, 0.15) is 29.5 Å². The number of allylic oxidation sites excluding steroid dienone is 1. The minimum Gasteiger partial charge on any atom is -0.493 e. The number of rotatable bonds is 12. The van der Waals surface area contributed by atoms with Gasteiger partial charge in [-0.2, -0.15) is 0 Å². The Labute approximate surface area is 223 Å². The Bertz CT molecular complexity index is 1350. The van der Waals surface area contributed by atoms with E-state index in [9.17, 15) is 4.79 Å². The van der Waals surface area contributed by atoms with Crippen molar-refractivity contribution in [3.8, 4) is 17.2 Å². The maximum absolute atomic E-state index is 12.5. The summed E-state index contributed by atoms with van der Waals surface area (Å²) in [5, 5.41) is 3.15. The van der Waals surface area contributed by atoms with Crippen LogP contribution in [-0.4, -0.2) is 24.2 Å². The van der Waals surface area contributed by atoms with Crippen molar-refractivity contribution in [2.24, 2.45) is 5.73 Å². The van der Waals surface area contributed by atoms with Crippen LogP contribution in [0.15, 0.2) is 101 Å². The number of benzene rings is 3. The summed E-state index contributed by atoms with van der Waals surface area (Å²) in [6.07, 6.45) is 1.03. The van der Waals surface area contributed by atoms with Crippen molar-refractivity contribution in [2.75, 3.05) is 13.2 Å². The van der Waals surface area contributed by atoms with Gasteiger partial charge in [0.1, 0.15) is 17.2 Å². The van der Waals surface area contributed by atoms with Crippen molar-refractivity contribution < 1.29 is 18.7 Å². The number of carbonyl (C=O) groups is 1. The third kappa shape index (κ3) is 7.26. The van der Waals surface area contributed by atoms with Crippen LogP contribution >= 0.6 is 0 Å². The van der Waals surface area contributed by atoms with Gasteiger partial charge in [-0.05, 0) is 49.2 Å². The number of nitrogens with two attached hydrogens (primary N) is 1. The maximum Gasteiger partial charge on any atom is 0.356 e. The molecule has 0 aliphatic heterocycles. The molecule has 0 atom stereocenters. The highest BCUT2D eigenvalue weighted by Gasteiger charge is 2.16. The molecular weight excluding hydrogens is 478 g/mol. The largest absolute Gasteiger partial charge is 0.493 e. The zero-order chi connectivity index (χ0) is 26.7. The summed E-state index contributed by atoms with van der Waals surface area (Å²) in [4.78, 5) is 17.2. The number of aryl methyl sites for hydroxylation is 1. The minimum absolute atomic E-state index is 0.274. The van der Waals surface area contributed by atoms with Gasteiger partial charge in [0, 0.05) is 30.6 Å². The van der Waals surface area contributed by atoms with E-state index < -0.39 is 5.97 Å². The average Bonchev–Trinajstić information content (AvgIpc) is 3.31. The summed E-state index contributed by atoms with van der Waals surface area (Å²) in [6.45, 7) is 4.91. The lowest BCUT2D eigenvalue weighted by atomic mass is 10.1. The molecular formula is C31H33N3O4. The lowest BCUT2D eigenvalue weighted by Gasteiger charge is -2.14. The first kappa shape index (κ1) is 26.5. The van der Waals surface area contributed by atoms with Gasteiger partial charge < -0.3 is 24.9 Å². The Morgan fingerprint density at radius 3 is 2.32 bits per heavy atom. The molecule has 0 fully saturated rings. The molecule has 3 aromatic carbocycles. The molecule has 7 nitrogen and oxygen atoms in total. The SMILES string of the molecule is CCOC(=O)/C(NCc1ccccc1)=C(/N)Cc1ccc(OCCc2nc(-c3ccccc3)oc2C)cc1. The van der Waals surface area contributed by atoms with E-state index in [4.69, 9.17) is 19.6 Å². The van der Waals surface area contributed by atoms with Crippen LogP contribution < -0.4 is 15.8 Å². The number of ether oxygens (including phenoxy) is 2. The van der Waals surface area contributed by atoms with E-state index in [1.807, 2.05) is 91.9 Å². The highest BCUT2D eigenvalue weighted by atomic mass is 16.5. The molecule has 0 unspecified atom stereocenters. The third-order valence-corrected chi connectivity index (χ3v) is 5.95. The smallest absolute Gasteiger partial charge is 0.356 e. The Morgan fingerprint density at radius 2 is 1.63 bits per heavy atom. The first-order valence-electron chi connectivity index (χ1n) is 12.7. The molecule has 4 aromatic rings. The number of esters is 1. The molecule has 1 aromatic heterocycles. The summed E-state index contributed by atoms with van der Waals surface area (Å²) < 4.78 is 17.0. The van der Waals surface area contributed by atoms with Gasteiger partial charge in [-0.3, -0.25) is 0 Å². The number of carbonyl (C=O) groups excluding carboxylic acids is 1. The molecule has 4 rings (SSSR count). The third-order valence-electron chi connectivity index (χ3n) is 5.95. The zero-order valence-electron chi connectivity index (χ0n) is 21.8. The van der Waals surface area contributed by atoms with E-state index >= 15 is 0 Å². The van der Waals surface area contributed by atoms with Crippen LogP contribution in [0.3, 0.4) is 0 Å². The van der Waals surface area contributed by atoms with Gasteiger partial charge in [-0.25, -0.2) is 9.78 Å². The molecule has 0 saturated carbocycles. The number of nitrogens with one attached hydrogen (secondary N) is 1. The molecule has 0 aliphatic rings. The van der Waals surface area contributed by atoms with E-state index in [0.717, 1.165) is 33.9 Å². The predicted molar refractivity (Wildman–Crippen MR) is 147 cm³/mol. The van der Waals surface area contributed by atoms with E-state index in [0.29, 0.717) is 37.6 Å². The van der Waals surface area contributed by atoms with Crippen molar-refractivity contribution in [2.45, 2.75) is 33.2 Å². The second-order valence-corrected chi connectivity index (χ2v) is 8.77. The lowest BCUT2D eigenvalue weighted by Crippen LogP contribution is -2.27. The molecule has 38 heavy (non-hydrogen) atoms. The van der Waals surface area contributed by atoms with Crippen molar-refractivity contribution in [1.29, 1.82) is 0 Å². The number of nitrogens with zero attached hydrogens (tertiary/aromatic N) is 1. The van der Waals surface area contributed by atoms with Gasteiger partial charge in [0.15, 0.2) is 0 Å². The van der Waals surface area contributed by atoms with E-state index in [1.54, 1.807) is 6.92 Å². The second-order valence-electron chi connectivity index (χ2n) is 8.77. The first-order valence-corrected chi connectivity index (χ1v) is 12.7. The first-order chi connectivity index (χ1) is 18.5. The molecule has 0 amide bonds. The van der Waals surface area contributed by atoms with Gasteiger partial charge in [-0.1, -0.05) is 60.7 Å². The van der Waals surface area contributed by atoms with Crippen LogP contribution in [-0.2, 0) is 28.9 Å². The molecule has 7 heteroatoms. The summed E-state index contributed by atoms with van der Waals surface area (Å²) in [7, 11) is 0. The van der Waals surface area contributed by atoms with Crippen molar-refractivity contribution in [3.63, 3.8) is 0 Å². The second kappa shape index (κ2) is 13.1. The van der Waals surface area contributed by atoms with Crippen LogP contribution in [0.5, 0.6) is 5.75 Å². The molecule has 0 spiro atoms. The van der Waals surface area contributed by atoms with E-state index in [2.05, 4.69) is 10.3 Å². The topological polar surface area (TPSA) is 99.6 Å². The average molecular weight is 512 g/mol. The van der Waals surface area contributed by atoms with Crippen LogP contribution in [0.2, 0.25) is 0 Å². The fraction of sp³-hybridized carbons (Fsp3) is 0.226. The summed E-state index contributed by atoms with van der Waals surface area (Å²) in [6, 6.07) is 27.3. The van der Waals surface area contributed by atoms with Crippen LogP contribution in [0.4, 0.5) is 0 Å². The summed E-state index contributed by atoms with van der Waals surface area (Å²) in [5.74, 6) is 1.70. The van der Waals surface area contributed by atoms with Crippen molar-refractivity contribution in [1.82, 2.24) is 10.3 Å². The predicted octanol–water partition coefficient (Wildman–Crippen LogP) is 5.34. The molecule has 0 saturated heterocycles. The Hall–Kier alpha value is -4.52. The van der Waals surface area contributed by atoms with Gasteiger partial charge >= 0.3 is 5.97 Å². The lowest BCUT2D eigenvalue weighted by molar-refractivity contribution is -0.139. The standard InChI is InChI=1S/C31H33N3O4/c1-3-36-31(35)29(33-21-24-10-6-4-7-11-24)27(32)20-23-14-16-26(17-15-23)37-19-18-28-22(2)38-30(34-28)25-12-8-5-9-13-25/h4-17,33H,3,18-21,32H2,1-2H3/b29-27-. The van der Waals surface area contributed by atoms with Crippen molar-refractivity contribution >= 4 is 5.97 Å². The number of hydrogen-bond acceptors (Lipinski definition) is 7. The minimum atomic E-state index is -0.459. The molecule has 0 bridgehead atoms. The highest BCUT2D eigenvalue weighted by Crippen LogP contribution is 2.22. The maximum atomic E-state index is 12.5. The number of hydrogen-bond donors (Lipinski definition) is 2. The summed E-state index contributed by atoms with van der Waals surface area (Å²) >= 11 is 0. The highest BCUT2D eigenvalue weighted by molar-refractivity contribution is 5.88. The van der Waals surface area contributed by atoms with E-state index in [1.165, 1.54) is 0 Å². The number of aromatic nitrogens is 1. The van der Waals surface area contributed by atoms with Gasteiger partial charge in [0.05, 0.1) is 18.9 Å². The zero-order valence-corrected chi connectivity index (χ0v) is 21.8. The monoisotopic (exact) mass is 511 g/mol. The fourth-order valence-corrected chi connectivity index (χ4v) is 3.95. The van der Waals surface area contributed by atoms with Gasteiger partial charge in [0.2, 0.25) is 5.89 Å². The van der Waals surface area contributed by atoms with Crippen LogP contribution in [0, 0.1) is 6.92 Å². The molecule has 0 aliphatic carbocycles. The Morgan fingerprint density at radius 1 is 0.947 bits per heavy atom. The molecule has 0 radical (unpaired) electrons. The van der Waals surface area contributed by atoms with Gasteiger partial charge in [-0.15, -0.1) is 0 Å². The van der Waals surface area contributed by atoms with Crippen LogP contribution in [0.25, 0.3) is 11.5 Å². The van der Waals surface area contributed by atoms with E-state index in [-0.39, 0.29) is 12.3 Å². The Kier molecular flexibility index (Phi) is 9.18. The molecule has 1 heterocycles. The number of oxazole rings is 1. The Balaban J connectivity index is 1.34. The van der Waals surface area contributed by atoms with Crippen molar-refractivity contribution in [3.05, 3.63) is 119 Å². The molecule has 3 N–H and O–H groups in total. The fourth-order valence-electron chi connectivity index (χ4n) is 3.95. The summed E-state index contributed by atoms with van der Waals surface area (Å²) in [5.41, 5.74) is 10.9. The van der Waals surface area contributed by atoms with Gasteiger partial charge in [0.25, 0.3) is 0 Å². The quantitative estimate of drug-likeness (QED) is 0.196.